The number of nitrogens with zero attached hydrogens (tertiary/aromatic N) is 1. The van der Waals surface area contributed by atoms with Gasteiger partial charge in [0.25, 0.3) is 0 Å². The molecule has 1 amide bonds. The molecule has 0 aromatic heterocycles. The van der Waals surface area contributed by atoms with Crippen molar-refractivity contribution in [2.75, 3.05) is 33.4 Å². The van der Waals surface area contributed by atoms with Crippen molar-refractivity contribution in [1.29, 1.82) is 0 Å². The molecule has 5 heteroatoms. The molecule has 1 N–H and O–H groups in total. The lowest BCUT2D eigenvalue weighted by Crippen LogP contribution is -2.43. The largest absolute Gasteiger partial charge is 0.497 e. The number of ether oxygens (including phenoxy) is 2. The highest BCUT2D eigenvalue weighted by Crippen LogP contribution is 2.27. The summed E-state index contributed by atoms with van der Waals surface area (Å²) in [6.45, 7) is 1.03. The van der Waals surface area contributed by atoms with E-state index in [0.717, 1.165) is 22.1 Å². The normalized spacial score (nSPS) is 18.5. The number of fused-ring (bicyclic) bond motifs is 1. The summed E-state index contributed by atoms with van der Waals surface area (Å²) in [6.07, 6.45) is -0.157. The van der Waals surface area contributed by atoms with Crippen molar-refractivity contribution < 1.29 is 19.4 Å². The zero-order valence-corrected chi connectivity index (χ0v) is 12.5. The number of aliphatic hydroxyl groups excluding tert-OH is 1. The van der Waals surface area contributed by atoms with E-state index in [1.165, 1.54) is 0 Å². The lowest BCUT2D eigenvalue weighted by atomic mass is 10.0. The summed E-state index contributed by atoms with van der Waals surface area (Å²) in [7, 11) is 1.65. The van der Waals surface area contributed by atoms with Crippen LogP contribution in [0.1, 0.15) is 11.7 Å². The van der Waals surface area contributed by atoms with Gasteiger partial charge in [-0.25, -0.2) is 0 Å². The van der Waals surface area contributed by atoms with Gasteiger partial charge in [0.2, 0.25) is 5.91 Å². The second-order valence-corrected chi connectivity index (χ2v) is 5.33. The van der Waals surface area contributed by atoms with Crippen LogP contribution < -0.4 is 4.74 Å². The van der Waals surface area contributed by atoms with Crippen LogP contribution in [-0.2, 0) is 9.53 Å². The molecular weight excluding hydrogens is 282 g/mol. The fourth-order valence-electron chi connectivity index (χ4n) is 2.75. The Morgan fingerprint density at radius 1 is 1.32 bits per heavy atom. The van der Waals surface area contributed by atoms with Crippen molar-refractivity contribution in [3.05, 3.63) is 42.0 Å². The Labute approximate surface area is 129 Å². The summed E-state index contributed by atoms with van der Waals surface area (Å²) in [5, 5.41) is 11.2. The third kappa shape index (κ3) is 2.91. The van der Waals surface area contributed by atoms with Gasteiger partial charge in [-0.05, 0) is 34.5 Å². The number of hydrogen-bond acceptors (Lipinski definition) is 4. The van der Waals surface area contributed by atoms with E-state index in [-0.39, 0.29) is 12.0 Å². The maximum Gasteiger partial charge on any atom is 0.248 e. The van der Waals surface area contributed by atoms with E-state index in [9.17, 15) is 4.79 Å². The van der Waals surface area contributed by atoms with Gasteiger partial charge in [0.15, 0.2) is 0 Å². The van der Waals surface area contributed by atoms with Crippen LogP contribution in [0, 0.1) is 0 Å². The van der Waals surface area contributed by atoms with Gasteiger partial charge in [0.1, 0.15) is 18.5 Å². The van der Waals surface area contributed by atoms with E-state index in [2.05, 4.69) is 6.07 Å². The highest BCUT2D eigenvalue weighted by Gasteiger charge is 2.24. The van der Waals surface area contributed by atoms with E-state index in [1.54, 1.807) is 12.0 Å². The first-order valence-electron chi connectivity index (χ1n) is 7.29. The Kier molecular flexibility index (Phi) is 4.27. The number of rotatable bonds is 3. The first-order valence-corrected chi connectivity index (χ1v) is 7.29. The number of methoxy groups -OCH3 is 1. The molecule has 5 nitrogen and oxygen atoms in total. The third-order valence-electron chi connectivity index (χ3n) is 4.00. The van der Waals surface area contributed by atoms with Crippen molar-refractivity contribution >= 4 is 16.7 Å². The molecule has 0 radical (unpaired) electrons. The second-order valence-electron chi connectivity index (χ2n) is 5.33. The highest BCUT2D eigenvalue weighted by molar-refractivity contribution is 5.84. The van der Waals surface area contributed by atoms with Crippen molar-refractivity contribution in [2.24, 2.45) is 0 Å². The molecule has 0 aliphatic carbocycles. The fraction of sp³-hybridized carbons (Fsp3) is 0.353. The lowest BCUT2D eigenvalue weighted by molar-refractivity contribution is -0.141. The summed E-state index contributed by atoms with van der Waals surface area (Å²) in [5.41, 5.74) is 1.04. The van der Waals surface area contributed by atoms with Crippen molar-refractivity contribution in [1.82, 2.24) is 4.90 Å². The highest BCUT2D eigenvalue weighted by atomic mass is 16.5. The van der Waals surface area contributed by atoms with Gasteiger partial charge in [0, 0.05) is 6.54 Å². The monoisotopic (exact) mass is 301 g/mol. The number of aliphatic hydroxyl groups is 1. The van der Waals surface area contributed by atoms with Crippen LogP contribution in [0.3, 0.4) is 0 Å². The van der Waals surface area contributed by atoms with Crippen molar-refractivity contribution in [3.63, 3.8) is 0 Å². The van der Waals surface area contributed by atoms with Crippen LogP contribution in [0.15, 0.2) is 36.4 Å². The molecule has 116 valence electrons. The summed E-state index contributed by atoms with van der Waals surface area (Å²) in [4.78, 5) is 13.3. The molecule has 2 aromatic carbocycles. The van der Waals surface area contributed by atoms with Crippen molar-refractivity contribution in [3.8, 4) is 5.75 Å². The molecule has 0 bridgehead atoms. The molecule has 1 atom stereocenters. The smallest absolute Gasteiger partial charge is 0.248 e. The number of carbonyl (C=O) groups is 1. The van der Waals surface area contributed by atoms with E-state index >= 15 is 0 Å². The molecule has 0 spiro atoms. The predicted molar refractivity (Wildman–Crippen MR) is 82.9 cm³/mol. The lowest BCUT2D eigenvalue weighted by Gasteiger charge is -2.33. The Hall–Kier alpha value is -2.11. The first kappa shape index (κ1) is 14.8. The van der Waals surface area contributed by atoms with Gasteiger partial charge in [-0.15, -0.1) is 0 Å². The number of amides is 1. The van der Waals surface area contributed by atoms with Gasteiger partial charge in [-0.3, -0.25) is 4.79 Å². The molecule has 1 fully saturated rings. The molecule has 22 heavy (non-hydrogen) atoms. The maximum atomic E-state index is 11.6. The SMILES string of the molecule is COc1ccc2cc([C@@H]3CN(C(=O)CO)CCO3)ccc2c1. The minimum absolute atomic E-state index is 0.157. The minimum Gasteiger partial charge on any atom is -0.497 e. The summed E-state index contributed by atoms with van der Waals surface area (Å²) >= 11 is 0. The Morgan fingerprint density at radius 3 is 2.86 bits per heavy atom. The molecule has 1 aliphatic rings. The Balaban J connectivity index is 1.85. The molecule has 1 heterocycles. The predicted octanol–water partition coefficient (Wildman–Crippen LogP) is 1.74. The first-order chi connectivity index (χ1) is 10.7. The summed E-state index contributed by atoms with van der Waals surface area (Å²) in [5.74, 6) is 0.577. The number of carbonyl (C=O) groups excluding carboxylic acids is 1. The van der Waals surface area contributed by atoms with Gasteiger partial charge < -0.3 is 19.5 Å². The second kappa shape index (κ2) is 6.34. The van der Waals surface area contributed by atoms with Crippen LogP contribution in [0.25, 0.3) is 10.8 Å². The van der Waals surface area contributed by atoms with Gasteiger partial charge in [-0.1, -0.05) is 18.2 Å². The maximum absolute atomic E-state index is 11.6. The van der Waals surface area contributed by atoms with Crippen LogP contribution in [0.2, 0.25) is 0 Å². The van der Waals surface area contributed by atoms with Gasteiger partial charge in [0.05, 0.1) is 20.3 Å². The van der Waals surface area contributed by atoms with Crippen LogP contribution in [-0.4, -0.2) is 49.3 Å². The van der Waals surface area contributed by atoms with E-state index in [1.807, 2.05) is 30.3 Å². The Morgan fingerprint density at radius 2 is 2.09 bits per heavy atom. The van der Waals surface area contributed by atoms with Crippen LogP contribution in [0.5, 0.6) is 5.75 Å². The molecular formula is C17H19NO4. The van der Waals surface area contributed by atoms with E-state index < -0.39 is 6.61 Å². The molecule has 0 saturated carbocycles. The average Bonchev–Trinajstić information content (AvgIpc) is 2.60. The molecule has 0 unspecified atom stereocenters. The zero-order chi connectivity index (χ0) is 15.5. The number of hydrogen-bond donors (Lipinski definition) is 1. The zero-order valence-electron chi connectivity index (χ0n) is 12.5. The van der Waals surface area contributed by atoms with Crippen molar-refractivity contribution in [2.45, 2.75) is 6.10 Å². The number of morpholine rings is 1. The molecule has 1 saturated heterocycles. The summed E-state index contributed by atoms with van der Waals surface area (Å²) < 4.78 is 11.0. The van der Waals surface area contributed by atoms with Crippen LogP contribution in [0.4, 0.5) is 0 Å². The molecule has 1 aliphatic heterocycles. The quantitative estimate of drug-likeness (QED) is 0.938. The third-order valence-corrected chi connectivity index (χ3v) is 4.00. The number of benzene rings is 2. The average molecular weight is 301 g/mol. The topological polar surface area (TPSA) is 59.0 Å². The standard InChI is InChI=1S/C17H19NO4/c1-21-15-5-4-12-8-14(3-2-13(12)9-15)16-10-18(6-7-22-16)17(20)11-19/h2-5,8-9,16,19H,6-7,10-11H2,1H3/t16-/m0/s1. The fourth-order valence-corrected chi connectivity index (χ4v) is 2.75. The van der Waals surface area contributed by atoms with E-state index in [0.29, 0.717) is 19.7 Å². The van der Waals surface area contributed by atoms with E-state index in [4.69, 9.17) is 14.6 Å². The van der Waals surface area contributed by atoms with Crippen LogP contribution >= 0.6 is 0 Å². The summed E-state index contributed by atoms with van der Waals surface area (Å²) in [6, 6.07) is 12.0. The molecule has 3 rings (SSSR count). The minimum atomic E-state index is -0.454. The van der Waals surface area contributed by atoms with Gasteiger partial charge in [-0.2, -0.15) is 0 Å². The molecule has 2 aromatic rings. The Bertz CT molecular complexity index is 685. The van der Waals surface area contributed by atoms with Gasteiger partial charge >= 0.3 is 0 Å².